The zero-order valence-corrected chi connectivity index (χ0v) is 16.4. The number of carbonyl (C=O) groups excluding carboxylic acids is 2. The summed E-state index contributed by atoms with van der Waals surface area (Å²) in [6.07, 6.45) is 0.0584. The molecule has 0 bridgehead atoms. The van der Waals surface area contributed by atoms with Crippen LogP contribution in [0, 0.1) is 11.6 Å². The maximum absolute atomic E-state index is 13.3. The maximum atomic E-state index is 13.3. The lowest BCUT2D eigenvalue weighted by molar-refractivity contribution is -0.145. The zero-order chi connectivity index (χ0) is 21.5. The fraction of sp³-hybridized carbons (Fsp3) is 0.167. The molecule has 30 heavy (non-hydrogen) atoms. The van der Waals surface area contributed by atoms with E-state index in [0.29, 0.717) is 5.56 Å². The number of hydrogen-bond donors (Lipinski definition) is 1. The van der Waals surface area contributed by atoms with E-state index in [2.05, 4.69) is 5.32 Å². The van der Waals surface area contributed by atoms with Gasteiger partial charge >= 0.3 is 5.97 Å². The first kappa shape index (κ1) is 21.2. The molecule has 3 rings (SSSR count). The monoisotopic (exact) mass is 409 g/mol. The minimum atomic E-state index is -1.02. The van der Waals surface area contributed by atoms with Crippen molar-refractivity contribution in [2.45, 2.75) is 18.9 Å². The standard InChI is InChI=1S/C24H21F2NO3/c1-30-24(29)22(27-23(28)15-17-9-12-20(25)21(26)13-17)14-16-7-10-19(11-8-16)18-5-3-2-4-6-18/h2-13,22H,14-15H2,1H3,(H,27,28)/t22-/m1/s1. The summed E-state index contributed by atoms with van der Waals surface area (Å²) in [6.45, 7) is 0. The molecule has 0 aromatic heterocycles. The first-order valence-corrected chi connectivity index (χ1v) is 9.41. The van der Waals surface area contributed by atoms with Crippen molar-refractivity contribution < 1.29 is 23.1 Å². The number of rotatable bonds is 7. The van der Waals surface area contributed by atoms with E-state index in [1.807, 2.05) is 54.6 Å². The molecule has 3 aromatic carbocycles. The normalized spacial score (nSPS) is 11.6. The van der Waals surface area contributed by atoms with Gasteiger partial charge < -0.3 is 10.1 Å². The minimum absolute atomic E-state index is 0.183. The molecule has 0 radical (unpaired) electrons. The highest BCUT2D eigenvalue weighted by Gasteiger charge is 2.22. The van der Waals surface area contributed by atoms with E-state index in [4.69, 9.17) is 4.74 Å². The van der Waals surface area contributed by atoms with E-state index in [0.717, 1.165) is 28.8 Å². The molecule has 1 atom stereocenters. The fourth-order valence-corrected chi connectivity index (χ4v) is 3.12. The lowest BCUT2D eigenvalue weighted by Gasteiger charge is -2.17. The van der Waals surface area contributed by atoms with Crippen molar-refractivity contribution in [3.8, 4) is 11.1 Å². The Morgan fingerprint density at radius 1 is 0.867 bits per heavy atom. The van der Waals surface area contributed by atoms with Gasteiger partial charge in [0.1, 0.15) is 6.04 Å². The molecule has 0 aliphatic carbocycles. The van der Waals surface area contributed by atoms with Crippen molar-refractivity contribution in [1.82, 2.24) is 5.32 Å². The molecule has 0 fully saturated rings. The van der Waals surface area contributed by atoms with Gasteiger partial charge in [-0.15, -0.1) is 0 Å². The summed E-state index contributed by atoms with van der Waals surface area (Å²) in [4.78, 5) is 24.5. The molecule has 0 heterocycles. The van der Waals surface area contributed by atoms with Crippen molar-refractivity contribution >= 4 is 11.9 Å². The summed E-state index contributed by atoms with van der Waals surface area (Å²) < 4.78 is 31.2. The van der Waals surface area contributed by atoms with E-state index in [1.165, 1.54) is 13.2 Å². The third kappa shape index (κ3) is 5.50. The lowest BCUT2D eigenvalue weighted by atomic mass is 10.0. The van der Waals surface area contributed by atoms with E-state index in [1.54, 1.807) is 0 Å². The summed E-state index contributed by atoms with van der Waals surface area (Å²) in [5, 5.41) is 2.62. The van der Waals surface area contributed by atoms with Crippen molar-refractivity contribution in [1.29, 1.82) is 0 Å². The SMILES string of the molecule is COC(=O)[C@@H](Cc1ccc(-c2ccccc2)cc1)NC(=O)Cc1ccc(F)c(F)c1. The smallest absolute Gasteiger partial charge is 0.328 e. The lowest BCUT2D eigenvalue weighted by Crippen LogP contribution is -2.43. The Labute approximate surface area is 173 Å². The van der Waals surface area contributed by atoms with Gasteiger partial charge in [-0.1, -0.05) is 60.7 Å². The maximum Gasteiger partial charge on any atom is 0.328 e. The van der Waals surface area contributed by atoms with Gasteiger partial charge in [-0.05, 0) is 34.4 Å². The van der Waals surface area contributed by atoms with E-state index >= 15 is 0 Å². The first-order valence-electron chi connectivity index (χ1n) is 9.41. The summed E-state index contributed by atoms with van der Waals surface area (Å²) >= 11 is 0. The van der Waals surface area contributed by atoms with E-state index in [-0.39, 0.29) is 12.8 Å². The average molecular weight is 409 g/mol. The number of nitrogens with one attached hydrogen (secondary N) is 1. The molecular formula is C24H21F2NO3. The molecule has 3 aromatic rings. The third-order valence-corrected chi connectivity index (χ3v) is 4.67. The van der Waals surface area contributed by atoms with Gasteiger partial charge in [0.25, 0.3) is 0 Å². The number of methoxy groups -OCH3 is 1. The first-order chi connectivity index (χ1) is 14.5. The Kier molecular flexibility index (Phi) is 6.91. The Balaban J connectivity index is 1.67. The van der Waals surface area contributed by atoms with Gasteiger partial charge in [-0.2, -0.15) is 0 Å². The van der Waals surface area contributed by atoms with Gasteiger partial charge in [-0.3, -0.25) is 4.79 Å². The molecule has 0 aliphatic rings. The number of carbonyl (C=O) groups is 2. The Bertz CT molecular complexity index is 1020. The topological polar surface area (TPSA) is 55.4 Å². The fourth-order valence-electron chi connectivity index (χ4n) is 3.12. The molecule has 0 aliphatic heterocycles. The van der Waals surface area contributed by atoms with Crippen LogP contribution in [-0.4, -0.2) is 25.0 Å². The predicted octanol–water partition coefficient (Wildman–Crippen LogP) is 4.07. The van der Waals surface area contributed by atoms with Crippen LogP contribution >= 0.6 is 0 Å². The van der Waals surface area contributed by atoms with Gasteiger partial charge in [0.2, 0.25) is 5.91 Å². The molecule has 154 valence electrons. The van der Waals surface area contributed by atoms with Crippen molar-refractivity contribution in [3.63, 3.8) is 0 Å². The van der Waals surface area contributed by atoms with E-state index in [9.17, 15) is 18.4 Å². The Morgan fingerprint density at radius 3 is 2.13 bits per heavy atom. The predicted molar refractivity (Wildman–Crippen MR) is 110 cm³/mol. The van der Waals surface area contributed by atoms with Crippen LogP contribution in [0.15, 0.2) is 72.8 Å². The van der Waals surface area contributed by atoms with Crippen molar-refractivity contribution in [3.05, 3.63) is 95.6 Å². The highest BCUT2D eigenvalue weighted by molar-refractivity contribution is 5.85. The minimum Gasteiger partial charge on any atom is -0.467 e. The molecule has 6 heteroatoms. The number of benzene rings is 3. The number of hydrogen-bond acceptors (Lipinski definition) is 3. The molecule has 0 saturated carbocycles. The summed E-state index contributed by atoms with van der Waals surface area (Å²) in [6, 6.07) is 19.9. The van der Waals surface area contributed by atoms with Gasteiger partial charge in [0.05, 0.1) is 13.5 Å². The van der Waals surface area contributed by atoms with Crippen LogP contribution in [0.5, 0.6) is 0 Å². The van der Waals surface area contributed by atoms with Crippen molar-refractivity contribution in [2.75, 3.05) is 7.11 Å². The van der Waals surface area contributed by atoms with Crippen LogP contribution in [0.1, 0.15) is 11.1 Å². The third-order valence-electron chi connectivity index (χ3n) is 4.67. The van der Waals surface area contributed by atoms with Crippen LogP contribution in [0.25, 0.3) is 11.1 Å². The molecule has 1 amide bonds. The average Bonchev–Trinajstić information content (AvgIpc) is 2.76. The molecule has 4 nitrogen and oxygen atoms in total. The van der Waals surface area contributed by atoms with Crippen LogP contribution in [0.2, 0.25) is 0 Å². The number of halogens is 2. The molecule has 0 spiro atoms. The summed E-state index contributed by atoms with van der Waals surface area (Å²) in [7, 11) is 1.25. The van der Waals surface area contributed by atoms with Gasteiger partial charge in [-0.25, -0.2) is 13.6 Å². The molecule has 0 saturated heterocycles. The van der Waals surface area contributed by atoms with Crippen LogP contribution in [0.4, 0.5) is 8.78 Å². The molecule has 1 N–H and O–H groups in total. The summed E-state index contributed by atoms with van der Waals surface area (Å²) in [5.41, 5.74) is 3.27. The van der Waals surface area contributed by atoms with Gasteiger partial charge in [0.15, 0.2) is 11.6 Å². The second kappa shape index (κ2) is 9.78. The second-order valence-electron chi connectivity index (χ2n) is 6.84. The van der Waals surface area contributed by atoms with Crippen LogP contribution in [-0.2, 0) is 27.2 Å². The van der Waals surface area contributed by atoms with E-state index < -0.39 is 29.6 Å². The summed E-state index contributed by atoms with van der Waals surface area (Å²) in [5.74, 6) is -3.08. The Hall–Kier alpha value is -3.54. The molecule has 0 unspecified atom stereocenters. The zero-order valence-electron chi connectivity index (χ0n) is 16.4. The number of esters is 1. The number of ether oxygens (including phenoxy) is 1. The highest BCUT2D eigenvalue weighted by Crippen LogP contribution is 2.20. The largest absolute Gasteiger partial charge is 0.467 e. The Morgan fingerprint density at radius 2 is 1.50 bits per heavy atom. The van der Waals surface area contributed by atoms with Crippen LogP contribution < -0.4 is 5.32 Å². The van der Waals surface area contributed by atoms with Crippen LogP contribution in [0.3, 0.4) is 0 Å². The van der Waals surface area contributed by atoms with Crippen molar-refractivity contribution in [2.24, 2.45) is 0 Å². The number of amides is 1. The molecular weight excluding hydrogens is 388 g/mol. The van der Waals surface area contributed by atoms with Gasteiger partial charge in [0, 0.05) is 6.42 Å². The highest BCUT2D eigenvalue weighted by atomic mass is 19.2. The quantitative estimate of drug-likeness (QED) is 0.599. The second-order valence-corrected chi connectivity index (χ2v) is 6.84.